The predicted molar refractivity (Wildman–Crippen MR) is 52.0 cm³/mol. The third-order valence-corrected chi connectivity index (χ3v) is 2.10. The first kappa shape index (κ1) is 9.93. The van der Waals surface area contributed by atoms with Gasteiger partial charge < -0.3 is 5.11 Å². The molecule has 2 heteroatoms. The Morgan fingerprint density at radius 2 is 2.31 bits per heavy atom. The third kappa shape index (κ3) is 1.95. The summed E-state index contributed by atoms with van der Waals surface area (Å²) in [6.07, 6.45) is 1.48. The van der Waals surface area contributed by atoms with E-state index in [1.54, 1.807) is 12.1 Å². The van der Waals surface area contributed by atoms with Gasteiger partial charge in [-0.05, 0) is 11.6 Å². The fraction of sp³-hybridized carbons (Fsp3) is 0.273. The Morgan fingerprint density at radius 1 is 1.62 bits per heavy atom. The van der Waals surface area contributed by atoms with E-state index in [0.29, 0.717) is 5.56 Å². The van der Waals surface area contributed by atoms with E-state index in [-0.39, 0.29) is 18.3 Å². The van der Waals surface area contributed by atoms with Gasteiger partial charge in [0.25, 0.3) is 0 Å². The summed E-state index contributed by atoms with van der Waals surface area (Å²) in [5, 5.41) is 8.94. The standard InChI is InChI=1S/C11H13FO/c1-3-9-10(8(2)7-13)5-4-6-11(9)12/h3-6,8,13H,1,7H2,2H3. The molecule has 0 bridgehead atoms. The lowest BCUT2D eigenvalue weighted by molar-refractivity contribution is 0.272. The molecular weight excluding hydrogens is 167 g/mol. The number of benzene rings is 1. The van der Waals surface area contributed by atoms with E-state index >= 15 is 0 Å². The highest BCUT2D eigenvalue weighted by molar-refractivity contribution is 5.53. The van der Waals surface area contributed by atoms with Crippen LogP contribution in [0.4, 0.5) is 4.39 Å². The van der Waals surface area contributed by atoms with Crippen LogP contribution in [0.15, 0.2) is 24.8 Å². The zero-order valence-corrected chi connectivity index (χ0v) is 7.63. The number of hydrogen-bond donors (Lipinski definition) is 1. The van der Waals surface area contributed by atoms with Gasteiger partial charge in [-0.3, -0.25) is 0 Å². The first-order valence-corrected chi connectivity index (χ1v) is 4.22. The molecule has 1 aromatic rings. The predicted octanol–water partition coefficient (Wildman–Crippen LogP) is 2.56. The van der Waals surface area contributed by atoms with Gasteiger partial charge in [0.15, 0.2) is 0 Å². The van der Waals surface area contributed by atoms with Crippen molar-refractivity contribution in [2.45, 2.75) is 12.8 Å². The molecule has 1 rings (SSSR count). The molecule has 1 aromatic carbocycles. The van der Waals surface area contributed by atoms with E-state index in [9.17, 15) is 4.39 Å². The van der Waals surface area contributed by atoms with Gasteiger partial charge in [-0.2, -0.15) is 0 Å². The first-order valence-electron chi connectivity index (χ1n) is 4.22. The van der Waals surface area contributed by atoms with Crippen LogP contribution in [0.25, 0.3) is 6.08 Å². The molecule has 0 aliphatic rings. The van der Waals surface area contributed by atoms with Crippen LogP contribution in [0, 0.1) is 5.82 Å². The molecule has 0 saturated heterocycles. The molecule has 13 heavy (non-hydrogen) atoms. The first-order chi connectivity index (χ1) is 6.20. The van der Waals surface area contributed by atoms with Gasteiger partial charge in [0.05, 0.1) is 0 Å². The fourth-order valence-electron chi connectivity index (χ4n) is 1.30. The summed E-state index contributed by atoms with van der Waals surface area (Å²) in [4.78, 5) is 0. The average molecular weight is 180 g/mol. The Kier molecular flexibility index (Phi) is 3.20. The summed E-state index contributed by atoms with van der Waals surface area (Å²) in [7, 11) is 0. The molecule has 1 atom stereocenters. The third-order valence-electron chi connectivity index (χ3n) is 2.10. The molecule has 0 aliphatic carbocycles. The highest BCUT2D eigenvalue weighted by atomic mass is 19.1. The van der Waals surface area contributed by atoms with Gasteiger partial charge in [0.1, 0.15) is 5.82 Å². The van der Waals surface area contributed by atoms with Gasteiger partial charge >= 0.3 is 0 Å². The Hall–Kier alpha value is -1.15. The van der Waals surface area contributed by atoms with Crippen molar-refractivity contribution >= 4 is 6.08 Å². The summed E-state index contributed by atoms with van der Waals surface area (Å²) >= 11 is 0. The quantitative estimate of drug-likeness (QED) is 0.758. The van der Waals surface area contributed by atoms with Crippen molar-refractivity contribution in [1.29, 1.82) is 0 Å². The molecule has 0 saturated carbocycles. The van der Waals surface area contributed by atoms with Crippen LogP contribution < -0.4 is 0 Å². The molecule has 0 aliphatic heterocycles. The highest BCUT2D eigenvalue weighted by Gasteiger charge is 2.10. The van der Waals surface area contributed by atoms with Gasteiger partial charge in [-0.15, -0.1) is 0 Å². The zero-order chi connectivity index (χ0) is 9.84. The van der Waals surface area contributed by atoms with Crippen LogP contribution in [0.3, 0.4) is 0 Å². The molecule has 1 nitrogen and oxygen atoms in total. The number of hydrogen-bond acceptors (Lipinski definition) is 1. The van der Waals surface area contributed by atoms with Crippen molar-refractivity contribution in [2.75, 3.05) is 6.61 Å². The van der Waals surface area contributed by atoms with Crippen LogP contribution in [-0.4, -0.2) is 11.7 Å². The maximum absolute atomic E-state index is 13.2. The van der Waals surface area contributed by atoms with Crippen molar-refractivity contribution in [3.8, 4) is 0 Å². The van der Waals surface area contributed by atoms with Gasteiger partial charge in [0.2, 0.25) is 0 Å². The number of aliphatic hydroxyl groups is 1. The van der Waals surface area contributed by atoms with Crippen LogP contribution in [0.2, 0.25) is 0 Å². The molecule has 70 valence electrons. The molecule has 0 radical (unpaired) electrons. The fourth-order valence-corrected chi connectivity index (χ4v) is 1.30. The molecule has 1 unspecified atom stereocenters. The van der Waals surface area contributed by atoms with Gasteiger partial charge in [-0.1, -0.05) is 31.7 Å². The summed E-state index contributed by atoms with van der Waals surface area (Å²) in [5.41, 5.74) is 1.29. The lowest BCUT2D eigenvalue weighted by Gasteiger charge is -2.12. The SMILES string of the molecule is C=Cc1c(F)cccc1C(C)CO. The summed E-state index contributed by atoms with van der Waals surface area (Å²) in [5.74, 6) is -0.337. The Balaban J connectivity index is 3.19. The van der Waals surface area contributed by atoms with Crippen molar-refractivity contribution in [1.82, 2.24) is 0 Å². The molecule has 1 N–H and O–H groups in total. The van der Waals surface area contributed by atoms with E-state index in [1.165, 1.54) is 12.1 Å². The number of rotatable bonds is 3. The molecular formula is C11H13FO. The van der Waals surface area contributed by atoms with E-state index in [1.807, 2.05) is 6.92 Å². The maximum Gasteiger partial charge on any atom is 0.130 e. The second-order valence-electron chi connectivity index (χ2n) is 3.03. The molecule has 0 aromatic heterocycles. The molecule has 0 fully saturated rings. The van der Waals surface area contributed by atoms with E-state index < -0.39 is 0 Å². The molecule has 0 heterocycles. The average Bonchev–Trinajstić information content (AvgIpc) is 2.16. The van der Waals surface area contributed by atoms with E-state index in [4.69, 9.17) is 5.11 Å². The normalized spacial score (nSPS) is 12.5. The lowest BCUT2D eigenvalue weighted by Crippen LogP contribution is -2.02. The zero-order valence-electron chi connectivity index (χ0n) is 7.63. The molecule has 0 amide bonds. The highest BCUT2D eigenvalue weighted by Crippen LogP contribution is 2.22. The number of halogens is 1. The van der Waals surface area contributed by atoms with Crippen LogP contribution >= 0.6 is 0 Å². The minimum Gasteiger partial charge on any atom is -0.396 e. The van der Waals surface area contributed by atoms with Crippen molar-refractivity contribution in [3.05, 3.63) is 41.7 Å². The van der Waals surface area contributed by atoms with Crippen LogP contribution in [-0.2, 0) is 0 Å². The van der Waals surface area contributed by atoms with Gasteiger partial charge in [-0.25, -0.2) is 4.39 Å². The van der Waals surface area contributed by atoms with E-state index in [0.717, 1.165) is 5.56 Å². The Bertz CT molecular complexity index is 307. The van der Waals surface area contributed by atoms with Crippen LogP contribution in [0.1, 0.15) is 24.0 Å². The second kappa shape index (κ2) is 4.19. The lowest BCUT2D eigenvalue weighted by atomic mass is 9.96. The van der Waals surface area contributed by atoms with Crippen molar-refractivity contribution in [3.63, 3.8) is 0 Å². The van der Waals surface area contributed by atoms with Crippen molar-refractivity contribution in [2.24, 2.45) is 0 Å². The summed E-state index contributed by atoms with van der Waals surface area (Å²) < 4.78 is 13.2. The largest absolute Gasteiger partial charge is 0.396 e. The van der Waals surface area contributed by atoms with Crippen molar-refractivity contribution < 1.29 is 9.50 Å². The molecule has 0 spiro atoms. The number of aliphatic hydroxyl groups excluding tert-OH is 1. The smallest absolute Gasteiger partial charge is 0.130 e. The summed E-state index contributed by atoms with van der Waals surface area (Å²) in [6.45, 7) is 5.41. The van der Waals surface area contributed by atoms with Crippen LogP contribution in [0.5, 0.6) is 0 Å². The minimum atomic E-state index is -0.284. The Labute approximate surface area is 77.5 Å². The second-order valence-corrected chi connectivity index (χ2v) is 3.03. The summed E-state index contributed by atoms with van der Waals surface area (Å²) in [6, 6.07) is 4.84. The Morgan fingerprint density at radius 3 is 2.85 bits per heavy atom. The monoisotopic (exact) mass is 180 g/mol. The van der Waals surface area contributed by atoms with E-state index in [2.05, 4.69) is 6.58 Å². The topological polar surface area (TPSA) is 20.2 Å². The minimum absolute atomic E-state index is 0.0181. The van der Waals surface area contributed by atoms with Gasteiger partial charge in [0, 0.05) is 18.1 Å². The maximum atomic E-state index is 13.2.